The van der Waals surface area contributed by atoms with Crippen LogP contribution in [0.5, 0.6) is 5.88 Å². The minimum atomic E-state index is -0.839. The number of aliphatic hydroxyl groups excluding tert-OH is 2. The summed E-state index contributed by atoms with van der Waals surface area (Å²) in [5, 5.41) is 19.2. The number of rotatable bonds is 5. The van der Waals surface area contributed by atoms with Crippen molar-refractivity contribution in [3.8, 4) is 17.7 Å². The first-order valence-electron chi connectivity index (χ1n) is 11.4. The molecule has 1 aromatic heterocycles. The summed E-state index contributed by atoms with van der Waals surface area (Å²) >= 11 is 0. The molecule has 1 aromatic carbocycles. The number of hydrogen-bond donors (Lipinski definition) is 2. The lowest BCUT2D eigenvalue weighted by molar-refractivity contribution is 0.0313. The highest BCUT2D eigenvalue weighted by Gasteiger charge is 2.34. The van der Waals surface area contributed by atoms with Crippen molar-refractivity contribution in [1.29, 1.82) is 0 Å². The molecule has 4 atom stereocenters. The van der Waals surface area contributed by atoms with Crippen LogP contribution in [0, 0.1) is 23.6 Å². The highest BCUT2D eigenvalue weighted by atomic mass is 19.1. The van der Waals surface area contributed by atoms with Crippen LogP contribution in [-0.4, -0.2) is 81.8 Å². The summed E-state index contributed by atoms with van der Waals surface area (Å²) in [5.74, 6) is 4.23. The zero-order chi connectivity index (χ0) is 25.7. The van der Waals surface area contributed by atoms with Gasteiger partial charge in [-0.15, -0.1) is 0 Å². The Bertz CT molecular complexity index is 1130. The fourth-order valence-corrected chi connectivity index (χ4v) is 3.74. The topological polar surface area (TPSA) is 103 Å². The number of pyridine rings is 1. The number of amides is 2. The van der Waals surface area contributed by atoms with Crippen molar-refractivity contribution in [3.63, 3.8) is 0 Å². The molecule has 1 aliphatic rings. The van der Waals surface area contributed by atoms with Crippen LogP contribution in [0.15, 0.2) is 36.5 Å². The van der Waals surface area contributed by atoms with Crippen LogP contribution in [0.4, 0.5) is 4.39 Å². The molecule has 2 N–H and O–H groups in total. The van der Waals surface area contributed by atoms with Crippen molar-refractivity contribution < 1.29 is 28.9 Å². The molecule has 2 aromatic rings. The van der Waals surface area contributed by atoms with E-state index in [4.69, 9.17) is 4.74 Å². The molecule has 8 nitrogen and oxygen atoms in total. The van der Waals surface area contributed by atoms with Gasteiger partial charge in [0.15, 0.2) is 0 Å². The molecule has 0 radical (unpaired) electrons. The van der Waals surface area contributed by atoms with Gasteiger partial charge >= 0.3 is 0 Å². The summed E-state index contributed by atoms with van der Waals surface area (Å²) in [4.78, 5) is 33.6. The number of hydrogen-bond acceptors (Lipinski definition) is 6. The molecule has 2 heterocycles. The van der Waals surface area contributed by atoms with E-state index in [1.807, 2.05) is 6.92 Å². The average molecular weight is 484 g/mol. The van der Waals surface area contributed by atoms with Crippen molar-refractivity contribution in [1.82, 2.24) is 14.8 Å². The number of ether oxygens (including phenoxy) is 1. The number of fused-ring (bicyclic) bond motifs is 1. The first-order valence-corrected chi connectivity index (χ1v) is 11.4. The summed E-state index contributed by atoms with van der Waals surface area (Å²) < 4.78 is 19.4. The van der Waals surface area contributed by atoms with Crippen LogP contribution in [0.1, 0.15) is 47.1 Å². The maximum atomic E-state index is 13.4. The van der Waals surface area contributed by atoms with E-state index in [1.165, 1.54) is 42.3 Å². The Balaban J connectivity index is 1.94. The highest BCUT2D eigenvalue weighted by molar-refractivity contribution is 5.97. The molecule has 35 heavy (non-hydrogen) atoms. The largest absolute Gasteiger partial charge is 0.472 e. The van der Waals surface area contributed by atoms with Crippen LogP contribution in [0.2, 0.25) is 0 Å². The molecule has 186 valence electrons. The van der Waals surface area contributed by atoms with E-state index in [0.29, 0.717) is 11.1 Å². The van der Waals surface area contributed by atoms with Crippen LogP contribution < -0.4 is 4.74 Å². The normalized spacial score (nSPS) is 19.3. The third kappa shape index (κ3) is 6.35. The van der Waals surface area contributed by atoms with E-state index in [2.05, 4.69) is 16.8 Å². The molecular formula is C26H30FN3O5. The Morgan fingerprint density at radius 1 is 1.34 bits per heavy atom. The number of aromatic nitrogens is 1. The van der Waals surface area contributed by atoms with Crippen molar-refractivity contribution in [2.75, 3.05) is 26.7 Å². The second-order valence-electron chi connectivity index (χ2n) is 8.84. The lowest BCUT2D eigenvalue weighted by Gasteiger charge is -2.37. The molecule has 0 saturated carbocycles. The predicted molar refractivity (Wildman–Crippen MR) is 127 cm³/mol. The first kappa shape index (κ1) is 26.1. The molecule has 0 bridgehead atoms. The quantitative estimate of drug-likeness (QED) is 0.631. The van der Waals surface area contributed by atoms with Crippen molar-refractivity contribution >= 4 is 11.8 Å². The Kier molecular flexibility index (Phi) is 8.43. The predicted octanol–water partition coefficient (Wildman–Crippen LogP) is 1.95. The molecular weight excluding hydrogens is 453 g/mol. The van der Waals surface area contributed by atoms with Gasteiger partial charge in [-0.25, -0.2) is 9.37 Å². The molecule has 0 spiro atoms. The van der Waals surface area contributed by atoms with E-state index in [-0.39, 0.29) is 48.9 Å². The molecule has 9 heteroatoms. The van der Waals surface area contributed by atoms with Gasteiger partial charge < -0.3 is 24.7 Å². The average Bonchev–Trinajstić information content (AvgIpc) is 2.84. The summed E-state index contributed by atoms with van der Waals surface area (Å²) in [6.45, 7) is 5.43. The smallest absolute Gasteiger partial charge is 0.259 e. The molecule has 0 unspecified atom stereocenters. The second-order valence-corrected chi connectivity index (χ2v) is 8.84. The second kappa shape index (κ2) is 11.3. The molecule has 2 amide bonds. The van der Waals surface area contributed by atoms with E-state index >= 15 is 0 Å². The molecule has 0 saturated heterocycles. The van der Waals surface area contributed by atoms with Crippen LogP contribution >= 0.6 is 0 Å². The summed E-state index contributed by atoms with van der Waals surface area (Å²) in [6, 6.07) is 6.40. The summed E-state index contributed by atoms with van der Waals surface area (Å²) in [5.41, 5.74) is 0.969. The number of aliphatic hydroxyl groups is 2. The van der Waals surface area contributed by atoms with Gasteiger partial charge in [0.05, 0.1) is 19.2 Å². The fraction of sp³-hybridized carbons (Fsp3) is 0.423. The molecule has 3 rings (SSSR count). The minimum absolute atomic E-state index is 0.104. The first-order chi connectivity index (χ1) is 16.6. The minimum Gasteiger partial charge on any atom is -0.472 e. The van der Waals surface area contributed by atoms with Crippen LogP contribution in [0.25, 0.3) is 0 Å². The van der Waals surface area contributed by atoms with Gasteiger partial charge in [0.2, 0.25) is 5.88 Å². The number of carbonyl (C=O) groups is 2. The van der Waals surface area contributed by atoms with Crippen molar-refractivity contribution in [2.24, 2.45) is 5.92 Å². The van der Waals surface area contributed by atoms with Gasteiger partial charge in [-0.3, -0.25) is 9.59 Å². The lowest BCUT2D eigenvalue weighted by atomic mass is 9.99. The summed E-state index contributed by atoms with van der Waals surface area (Å²) in [6.07, 6.45) is 0.0960. The Morgan fingerprint density at radius 2 is 2.03 bits per heavy atom. The van der Waals surface area contributed by atoms with E-state index in [0.717, 1.165) is 0 Å². The monoisotopic (exact) mass is 483 g/mol. The Morgan fingerprint density at radius 3 is 2.66 bits per heavy atom. The Labute approximate surface area is 204 Å². The zero-order valence-electron chi connectivity index (χ0n) is 20.2. The fourth-order valence-electron chi connectivity index (χ4n) is 3.74. The molecule has 0 aliphatic carbocycles. The standard InChI is InChI=1S/C26H30FN3O5/c1-16-13-30(17(2)15-31)26(34)22-11-19(6-5-18(3)32)12-28-24(22)35-23(16)14-29(4)25(33)20-7-9-21(27)10-8-20/h7-12,16-18,23,31-32H,13-15H2,1-4H3/t16-,17-,18+,23+/m1/s1. The number of likely N-dealkylation sites (N-methyl/N-ethyl adjacent to an activating group) is 1. The van der Waals surface area contributed by atoms with E-state index in [1.54, 1.807) is 24.9 Å². The van der Waals surface area contributed by atoms with E-state index in [9.17, 15) is 24.2 Å². The van der Waals surface area contributed by atoms with Gasteiger partial charge in [0.25, 0.3) is 11.8 Å². The van der Waals surface area contributed by atoms with Gasteiger partial charge in [-0.1, -0.05) is 18.8 Å². The number of benzene rings is 1. The van der Waals surface area contributed by atoms with Crippen molar-refractivity contribution in [3.05, 3.63) is 59.0 Å². The third-order valence-corrected chi connectivity index (χ3v) is 5.84. The SMILES string of the molecule is C[C@H](O)C#Cc1cnc2c(c1)C(=O)N([C@H](C)CO)C[C@@H](C)[C@H](CN(C)C(=O)c1ccc(F)cc1)O2. The third-order valence-electron chi connectivity index (χ3n) is 5.84. The number of nitrogens with zero attached hydrogens (tertiary/aromatic N) is 3. The van der Waals surface area contributed by atoms with Gasteiger partial charge in [0.1, 0.15) is 23.6 Å². The summed E-state index contributed by atoms with van der Waals surface area (Å²) in [7, 11) is 1.63. The van der Waals surface area contributed by atoms with Crippen molar-refractivity contribution in [2.45, 2.75) is 39.0 Å². The number of halogens is 1. The zero-order valence-corrected chi connectivity index (χ0v) is 20.2. The maximum Gasteiger partial charge on any atom is 0.259 e. The maximum absolute atomic E-state index is 13.4. The van der Waals surface area contributed by atoms with E-state index < -0.39 is 24.1 Å². The lowest BCUT2D eigenvalue weighted by Crippen LogP contribution is -2.50. The van der Waals surface area contributed by atoms with Crippen LogP contribution in [-0.2, 0) is 0 Å². The number of carbonyl (C=O) groups excluding carboxylic acids is 2. The molecule has 1 aliphatic heterocycles. The van der Waals surface area contributed by atoms with Gasteiger partial charge in [-0.2, -0.15) is 0 Å². The molecule has 0 fully saturated rings. The van der Waals surface area contributed by atoms with Crippen LogP contribution in [0.3, 0.4) is 0 Å². The highest BCUT2D eigenvalue weighted by Crippen LogP contribution is 2.27. The van der Waals surface area contributed by atoms with Gasteiger partial charge in [0, 0.05) is 36.8 Å². The van der Waals surface area contributed by atoms with Gasteiger partial charge in [-0.05, 0) is 44.2 Å². The Hall–Kier alpha value is -3.48.